The first kappa shape index (κ1) is 30.6. The van der Waals surface area contributed by atoms with Gasteiger partial charge in [0.25, 0.3) is 5.91 Å². The van der Waals surface area contributed by atoms with E-state index < -0.39 is 0 Å². The maximum absolute atomic E-state index is 14.0. The largest absolute Gasteiger partial charge is 0.384 e. The molecule has 1 amide bonds. The quantitative estimate of drug-likeness (QED) is 0.194. The van der Waals surface area contributed by atoms with Crippen LogP contribution in [0.4, 0.5) is 0 Å². The minimum atomic E-state index is -0.161. The van der Waals surface area contributed by atoms with Crippen LogP contribution in [0, 0.1) is 11.8 Å². The summed E-state index contributed by atoms with van der Waals surface area (Å²) in [5.41, 5.74) is 5.40. The lowest BCUT2D eigenvalue weighted by Gasteiger charge is -2.39. The van der Waals surface area contributed by atoms with Crippen LogP contribution in [0.3, 0.4) is 0 Å². The molecule has 1 atom stereocenters. The SMILES string of the molecule is CCCCCc1ccc(C(=O)N(Cc2cccc(C#CCO)c2)C2CCN(CCC(C)c3ccccc3)CC2)cc1. The second-order valence-corrected chi connectivity index (χ2v) is 11.4. The molecule has 1 aliphatic heterocycles. The number of hydrogen-bond donors (Lipinski definition) is 1. The summed E-state index contributed by atoms with van der Waals surface area (Å²) in [6, 6.07) is 27.3. The Morgan fingerprint density at radius 2 is 1.73 bits per heavy atom. The molecule has 4 heteroatoms. The Kier molecular flexibility index (Phi) is 12.0. The highest BCUT2D eigenvalue weighted by molar-refractivity contribution is 5.94. The van der Waals surface area contributed by atoms with E-state index in [4.69, 9.17) is 5.11 Å². The van der Waals surface area contributed by atoms with Gasteiger partial charge in [-0.2, -0.15) is 0 Å². The number of amides is 1. The van der Waals surface area contributed by atoms with Gasteiger partial charge >= 0.3 is 0 Å². The first-order valence-electron chi connectivity index (χ1n) is 15.4. The van der Waals surface area contributed by atoms with E-state index in [1.807, 2.05) is 30.3 Å². The van der Waals surface area contributed by atoms with Gasteiger partial charge in [-0.3, -0.25) is 4.79 Å². The Labute approximate surface area is 247 Å². The number of piperidine rings is 1. The summed E-state index contributed by atoms with van der Waals surface area (Å²) in [7, 11) is 0. The van der Waals surface area contributed by atoms with Crippen molar-refractivity contribution in [3.63, 3.8) is 0 Å². The van der Waals surface area contributed by atoms with Gasteiger partial charge in [-0.05, 0) is 85.5 Å². The lowest BCUT2D eigenvalue weighted by atomic mass is 9.96. The van der Waals surface area contributed by atoms with E-state index in [0.29, 0.717) is 12.5 Å². The number of rotatable bonds is 12. The fraction of sp³-hybridized carbons (Fsp3) is 0.432. The number of carbonyl (C=O) groups is 1. The molecular formula is C37H46N2O2. The van der Waals surface area contributed by atoms with E-state index >= 15 is 0 Å². The molecule has 0 spiro atoms. The standard InChI is InChI=1S/C37H46N2O2/c1-3-4-6-11-31-17-19-35(20-18-31)37(41)39(29-33-13-9-12-32(28-33)14-10-27-40)36-22-25-38(26-23-36)24-21-30(2)34-15-7-5-8-16-34/h5,7-9,12-13,15-20,28,30,36,40H,3-4,6,11,21-27,29H2,1-2H3. The van der Waals surface area contributed by atoms with Crippen LogP contribution >= 0.6 is 0 Å². The molecule has 0 aliphatic carbocycles. The number of likely N-dealkylation sites (tertiary alicyclic amines) is 1. The molecule has 1 aliphatic rings. The highest BCUT2D eigenvalue weighted by Crippen LogP contribution is 2.25. The van der Waals surface area contributed by atoms with Gasteiger partial charge in [0.15, 0.2) is 0 Å². The van der Waals surface area contributed by atoms with Crippen molar-refractivity contribution < 1.29 is 9.90 Å². The van der Waals surface area contributed by atoms with Crippen molar-refractivity contribution in [3.8, 4) is 11.8 Å². The summed E-state index contributed by atoms with van der Waals surface area (Å²) in [6.07, 6.45) is 7.80. The number of benzene rings is 3. The van der Waals surface area contributed by atoms with Crippen LogP contribution < -0.4 is 0 Å². The third-order valence-electron chi connectivity index (χ3n) is 8.37. The maximum Gasteiger partial charge on any atom is 0.254 e. The zero-order valence-corrected chi connectivity index (χ0v) is 24.9. The summed E-state index contributed by atoms with van der Waals surface area (Å²) in [5, 5.41) is 9.11. The predicted octanol–water partition coefficient (Wildman–Crippen LogP) is 7.06. The van der Waals surface area contributed by atoms with E-state index in [9.17, 15) is 4.79 Å². The number of aliphatic hydroxyl groups is 1. The topological polar surface area (TPSA) is 43.8 Å². The van der Waals surface area contributed by atoms with Gasteiger partial charge in [-0.25, -0.2) is 0 Å². The van der Waals surface area contributed by atoms with Gasteiger partial charge in [0.05, 0.1) is 0 Å². The summed E-state index contributed by atoms with van der Waals surface area (Å²) in [6.45, 7) is 8.04. The molecular weight excluding hydrogens is 504 g/mol. The van der Waals surface area contributed by atoms with Crippen LogP contribution in [0.5, 0.6) is 0 Å². The van der Waals surface area contributed by atoms with Crippen LogP contribution in [0.15, 0.2) is 78.9 Å². The first-order chi connectivity index (χ1) is 20.1. The number of aliphatic hydroxyl groups excluding tert-OH is 1. The van der Waals surface area contributed by atoms with Gasteiger partial charge in [0, 0.05) is 36.8 Å². The molecule has 1 fully saturated rings. The minimum absolute atomic E-state index is 0.105. The lowest BCUT2D eigenvalue weighted by molar-refractivity contribution is 0.0547. The predicted molar refractivity (Wildman–Crippen MR) is 169 cm³/mol. The van der Waals surface area contributed by atoms with Crippen molar-refractivity contribution in [2.24, 2.45) is 0 Å². The van der Waals surface area contributed by atoms with Crippen molar-refractivity contribution in [2.75, 3.05) is 26.2 Å². The number of aryl methyl sites for hydroxylation is 1. The zero-order valence-electron chi connectivity index (χ0n) is 24.9. The maximum atomic E-state index is 14.0. The van der Waals surface area contributed by atoms with Crippen LogP contribution in [0.2, 0.25) is 0 Å². The van der Waals surface area contributed by atoms with Crippen molar-refractivity contribution in [2.45, 2.75) is 77.3 Å². The Morgan fingerprint density at radius 3 is 2.44 bits per heavy atom. The van der Waals surface area contributed by atoms with Gasteiger partial charge < -0.3 is 14.9 Å². The van der Waals surface area contributed by atoms with Gasteiger partial charge in [-0.15, -0.1) is 0 Å². The molecule has 1 heterocycles. The Hall–Kier alpha value is -3.39. The molecule has 4 nitrogen and oxygen atoms in total. The second kappa shape index (κ2) is 16.2. The molecule has 0 saturated carbocycles. The summed E-state index contributed by atoms with van der Waals surface area (Å²) in [4.78, 5) is 18.6. The van der Waals surface area contributed by atoms with Crippen molar-refractivity contribution in [1.29, 1.82) is 0 Å². The molecule has 0 radical (unpaired) electrons. The fourth-order valence-electron chi connectivity index (χ4n) is 5.79. The normalized spacial score (nSPS) is 14.7. The smallest absolute Gasteiger partial charge is 0.254 e. The number of unbranched alkanes of at least 4 members (excludes halogenated alkanes) is 2. The molecule has 0 aromatic heterocycles. The van der Waals surface area contributed by atoms with Crippen molar-refractivity contribution in [3.05, 3.63) is 107 Å². The molecule has 3 aromatic rings. The molecule has 41 heavy (non-hydrogen) atoms. The van der Waals surface area contributed by atoms with Crippen LogP contribution in [-0.4, -0.2) is 53.1 Å². The number of hydrogen-bond acceptors (Lipinski definition) is 3. The Morgan fingerprint density at radius 1 is 0.976 bits per heavy atom. The van der Waals surface area contributed by atoms with Gasteiger partial charge in [-0.1, -0.05) is 93.1 Å². The van der Waals surface area contributed by atoms with E-state index in [2.05, 4.69) is 84.0 Å². The van der Waals surface area contributed by atoms with Gasteiger partial charge in [0.1, 0.15) is 6.61 Å². The van der Waals surface area contributed by atoms with E-state index in [0.717, 1.165) is 62.0 Å². The third-order valence-corrected chi connectivity index (χ3v) is 8.37. The number of carbonyl (C=O) groups excluding carboxylic acids is 1. The molecule has 216 valence electrons. The third kappa shape index (κ3) is 9.32. The summed E-state index contributed by atoms with van der Waals surface area (Å²) in [5.74, 6) is 6.39. The molecule has 1 N–H and O–H groups in total. The highest BCUT2D eigenvalue weighted by Gasteiger charge is 2.29. The van der Waals surface area contributed by atoms with Crippen LogP contribution in [0.1, 0.15) is 90.9 Å². The molecule has 3 aromatic carbocycles. The monoisotopic (exact) mass is 550 g/mol. The second-order valence-electron chi connectivity index (χ2n) is 11.4. The fourth-order valence-corrected chi connectivity index (χ4v) is 5.79. The minimum Gasteiger partial charge on any atom is -0.384 e. The first-order valence-corrected chi connectivity index (χ1v) is 15.4. The number of nitrogens with zero attached hydrogens (tertiary/aromatic N) is 2. The van der Waals surface area contributed by atoms with E-state index in [-0.39, 0.29) is 18.6 Å². The van der Waals surface area contributed by atoms with Gasteiger partial charge in [0.2, 0.25) is 0 Å². The molecule has 1 unspecified atom stereocenters. The van der Waals surface area contributed by atoms with Crippen molar-refractivity contribution >= 4 is 5.91 Å². The average Bonchev–Trinajstić information content (AvgIpc) is 3.02. The molecule has 4 rings (SSSR count). The summed E-state index contributed by atoms with van der Waals surface area (Å²) < 4.78 is 0. The van der Waals surface area contributed by atoms with E-state index in [1.165, 1.54) is 30.4 Å². The Bertz CT molecular complexity index is 1270. The van der Waals surface area contributed by atoms with Crippen LogP contribution in [0.25, 0.3) is 0 Å². The lowest BCUT2D eigenvalue weighted by Crippen LogP contribution is -2.47. The van der Waals surface area contributed by atoms with E-state index in [1.54, 1.807) is 0 Å². The average molecular weight is 551 g/mol. The summed E-state index contributed by atoms with van der Waals surface area (Å²) >= 11 is 0. The molecule has 0 bridgehead atoms. The van der Waals surface area contributed by atoms with Crippen LogP contribution in [-0.2, 0) is 13.0 Å². The van der Waals surface area contributed by atoms with Crippen molar-refractivity contribution in [1.82, 2.24) is 9.80 Å². The highest BCUT2D eigenvalue weighted by atomic mass is 16.2. The molecule has 1 saturated heterocycles. The Balaban J connectivity index is 1.43. The zero-order chi connectivity index (χ0) is 28.9.